The Morgan fingerprint density at radius 1 is 0.806 bits per heavy atom. The van der Waals surface area contributed by atoms with E-state index in [-0.39, 0.29) is 18.7 Å². The van der Waals surface area contributed by atoms with Crippen molar-refractivity contribution < 1.29 is 13.5 Å². The van der Waals surface area contributed by atoms with Crippen LogP contribution < -0.4 is 16.0 Å². The average molecular weight is 421 g/mol. The summed E-state index contributed by atoms with van der Waals surface area (Å²) in [5, 5.41) is 3.82. The van der Waals surface area contributed by atoms with Crippen molar-refractivity contribution in [3.8, 4) is 11.5 Å². The highest BCUT2D eigenvalue weighted by Gasteiger charge is 2.15. The summed E-state index contributed by atoms with van der Waals surface area (Å²) in [4.78, 5) is 24.9. The van der Waals surface area contributed by atoms with Gasteiger partial charge >= 0.3 is 5.69 Å². The molecule has 0 N–H and O–H groups in total. The van der Waals surface area contributed by atoms with Crippen molar-refractivity contribution in [3.05, 3.63) is 123 Å². The fraction of sp³-hybridized carbons (Fsp3) is 0.0870. The van der Waals surface area contributed by atoms with Crippen LogP contribution in [-0.2, 0) is 13.1 Å². The standard InChI is InChI=1S/C23H17F2N3O3/c24-19-11-17(12-20(25)22(19)31-18-9-5-2-6-10-18)15-28-23(30)27(21(29)13-26-28)14-16-7-3-1-4-8-16/h1-13H,14-15H2. The van der Waals surface area contributed by atoms with Crippen molar-refractivity contribution in [1.82, 2.24) is 14.3 Å². The minimum atomic E-state index is -0.912. The number of hydrogen-bond acceptors (Lipinski definition) is 4. The van der Waals surface area contributed by atoms with Crippen LogP contribution in [0.4, 0.5) is 8.78 Å². The zero-order chi connectivity index (χ0) is 21.8. The second kappa shape index (κ2) is 8.74. The molecule has 156 valence electrons. The van der Waals surface area contributed by atoms with Crippen molar-refractivity contribution in [2.24, 2.45) is 0 Å². The summed E-state index contributed by atoms with van der Waals surface area (Å²) in [6.07, 6.45) is 1.00. The molecule has 1 aromatic heterocycles. The second-order valence-electron chi connectivity index (χ2n) is 6.80. The molecule has 0 spiro atoms. The van der Waals surface area contributed by atoms with E-state index in [2.05, 4.69) is 5.10 Å². The van der Waals surface area contributed by atoms with E-state index in [9.17, 15) is 18.4 Å². The molecule has 0 amide bonds. The first-order valence-corrected chi connectivity index (χ1v) is 9.43. The number of rotatable bonds is 6. The summed E-state index contributed by atoms with van der Waals surface area (Å²) in [5.41, 5.74) is -0.315. The van der Waals surface area contributed by atoms with Crippen molar-refractivity contribution in [2.75, 3.05) is 0 Å². The maximum atomic E-state index is 14.5. The lowest BCUT2D eigenvalue weighted by atomic mass is 10.2. The topological polar surface area (TPSA) is 66.1 Å². The molecule has 1 heterocycles. The number of para-hydroxylation sites is 1. The van der Waals surface area contributed by atoms with Gasteiger partial charge in [0, 0.05) is 0 Å². The van der Waals surface area contributed by atoms with Crippen LogP contribution in [0.2, 0.25) is 0 Å². The number of ether oxygens (including phenoxy) is 1. The van der Waals surface area contributed by atoms with E-state index in [0.717, 1.165) is 33.1 Å². The fourth-order valence-electron chi connectivity index (χ4n) is 3.07. The summed E-state index contributed by atoms with van der Waals surface area (Å²) >= 11 is 0. The van der Waals surface area contributed by atoms with Gasteiger partial charge in [-0.1, -0.05) is 48.5 Å². The molecule has 0 aliphatic rings. The van der Waals surface area contributed by atoms with Crippen LogP contribution in [-0.4, -0.2) is 14.3 Å². The van der Waals surface area contributed by atoms with E-state index in [1.165, 1.54) is 0 Å². The molecule has 0 bridgehead atoms. The van der Waals surface area contributed by atoms with Gasteiger partial charge < -0.3 is 4.74 Å². The Bertz CT molecular complexity index is 1300. The molecule has 8 heteroatoms. The Morgan fingerprint density at radius 2 is 1.42 bits per heavy atom. The van der Waals surface area contributed by atoms with E-state index >= 15 is 0 Å². The first-order chi connectivity index (χ1) is 15.0. The SMILES string of the molecule is O=c1cnn(Cc2cc(F)c(Oc3ccccc3)c(F)c2)c(=O)n1Cc1ccccc1. The smallest absolute Gasteiger partial charge is 0.348 e. The fourth-order valence-corrected chi connectivity index (χ4v) is 3.07. The highest BCUT2D eigenvalue weighted by atomic mass is 19.1. The number of aromatic nitrogens is 3. The van der Waals surface area contributed by atoms with Crippen molar-refractivity contribution in [1.29, 1.82) is 0 Å². The van der Waals surface area contributed by atoms with Crippen LogP contribution in [0, 0.1) is 11.6 Å². The van der Waals surface area contributed by atoms with Crippen LogP contribution >= 0.6 is 0 Å². The van der Waals surface area contributed by atoms with Crippen LogP contribution in [0.25, 0.3) is 0 Å². The molecule has 0 atom stereocenters. The van der Waals surface area contributed by atoms with Gasteiger partial charge in [0.25, 0.3) is 5.56 Å². The molecule has 3 aromatic carbocycles. The maximum Gasteiger partial charge on any atom is 0.348 e. The molecular weight excluding hydrogens is 404 g/mol. The highest BCUT2D eigenvalue weighted by Crippen LogP contribution is 2.28. The van der Waals surface area contributed by atoms with E-state index in [1.54, 1.807) is 54.6 Å². The van der Waals surface area contributed by atoms with Gasteiger partial charge in [0.05, 0.1) is 13.1 Å². The number of nitrogens with zero attached hydrogens (tertiary/aromatic N) is 3. The summed E-state index contributed by atoms with van der Waals surface area (Å²) < 4.78 is 36.3. The number of benzene rings is 3. The third-order valence-electron chi connectivity index (χ3n) is 4.56. The molecular formula is C23H17F2N3O3. The first-order valence-electron chi connectivity index (χ1n) is 9.43. The Balaban J connectivity index is 1.61. The Morgan fingerprint density at radius 3 is 2.06 bits per heavy atom. The van der Waals surface area contributed by atoms with E-state index < -0.39 is 28.6 Å². The van der Waals surface area contributed by atoms with E-state index in [0.29, 0.717) is 5.75 Å². The zero-order valence-corrected chi connectivity index (χ0v) is 16.2. The van der Waals surface area contributed by atoms with Crippen molar-refractivity contribution >= 4 is 0 Å². The zero-order valence-electron chi connectivity index (χ0n) is 16.2. The summed E-state index contributed by atoms with van der Waals surface area (Å²) in [7, 11) is 0. The van der Waals surface area contributed by atoms with Crippen LogP contribution in [0.1, 0.15) is 11.1 Å². The molecule has 31 heavy (non-hydrogen) atoms. The summed E-state index contributed by atoms with van der Waals surface area (Å²) in [6.45, 7) is -0.152. The van der Waals surface area contributed by atoms with Gasteiger partial charge in [-0.3, -0.25) is 9.36 Å². The molecule has 0 saturated carbocycles. The molecule has 0 aliphatic heterocycles. The third-order valence-corrected chi connectivity index (χ3v) is 4.56. The Labute approximate surface area is 175 Å². The molecule has 6 nitrogen and oxygen atoms in total. The minimum absolute atomic E-state index is 0.0631. The van der Waals surface area contributed by atoms with Gasteiger partial charge in [-0.15, -0.1) is 0 Å². The number of halogens is 2. The quantitative estimate of drug-likeness (QED) is 0.477. The van der Waals surface area contributed by atoms with Gasteiger partial charge in [0.1, 0.15) is 11.9 Å². The molecule has 0 saturated heterocycles. The summed E-state index contributed by atoms with van der Waals surface area (Å²) in [6, 6.07) is 19.4. The molecule has 0 radical (unpaired) electrons. The predicted octanol–water partition coefficient (Wildman–Crippen LogP) is 3.57. The van der Waals surface area contributed by atoms with E-state index in [1.807, 2.05) is 6.07 Å². The van der Waals surface area contributed by atoms with Crippen LogP contribution in [0.3, 0.4) is 0 Å². The lowest BCUT2D eigenvalue weighted by molar-refractivity contribution is 0.405. The van der Waals surface area contributed by atoms with Crippen molar-refractivity contribution in [3.63, 3.8) is 0 Å². The maximum absolute atomic E-state index is 14.5. The predicted molar refractivity (Wildman–Crippen MR) is 110 cm³/mol. The van der Waals surface area contributed by atoms with Gasteiger partial charge in [-0.05, 0) is 35.4 Å². The highest BCUT2D eigenvalue weighted by molar-refractivity contribution is 5.36. The summed E-state index contributed by atoms with van der Waals surface area (Å²) in [5.74, 6) is -2.07. The normalized spacial score (nSPS) is 10.8. The van der Waals surface area contributed by atoms with Gasteiger partial charge in [0.2, 0.25) is 0 Å². The average Bonchev–Trinajstić information content (AvgIpc) is 2.77. The molecule has 0 fully saturated rings. The molecule has 0 unspecified atom stereocenters. The lowest BCUT2D eigenvalue weighted by Gasteiger charge is -2.11. The molecule has 0 aliphatic carbocycles. The largest absolute Gasteiger partial charge is 0.451 e. The third kappa shape index (κ3) is 4.58. The Hall–Kier alpha value is -4.07. The monoisotopic (exact) mass is 421 g/mol. The molecule has 4 rings (SSSR count). The van der Waals surface area contributed by atoms with Gasteiger partial charge in [-0.25, -0.2) is 18.3 Å². The van der Waals surface area contributed by atoms with Gasteiger partial charge in [-0.2, -0.15) is 5.10 Å². The lowest BCUT2D eigenvalue weighted by Crippen LogP contribution is -2.41. The number of hydrogen-bond donors (Lipinski definition) is 0. The van der Waals surface area contributed by atoms with Crippen LogP contribution in [0.5, 0.6) is 11.5 Å². The van der Waals surface area contributed by atoms with E-state index in [4.69, 9.17) is 4.74 Å². The minimum Gasteiger partial charge on any atom is -0.451 e. The molecule has 4 aromatic rings. The van der Waals surface area contributed by atoms with Gasteiger partial charge in [0.15, 0.2) is 17.4 Å². The van der Waals surface area contributed by atoms with Crippen LogP contribution in [0.15, 0.2) is 88.6 Å². The van der Waals surface area contributed by atoms with Crippen molar-refractivity contribution in [2.45, 2.75) is 13.1 Å². The first kappa shape index (κ1) is 20.2. The second-order valence-corrected chi connectivity index (χ2v) is 6.80. The Kier molecular flexibility index (Phi) is 5.70.